The minimum Gasteiger partial charge on any atom is -0.479 e. The third kappa shape index (κ3) is 5.53. The molecule has 0 radical (unpaired) electrons. The quantitative estimate of drug-likeness (QED) is 0.217. The molecule has 178 valence electrons. The summed E-state index contributed by atoms with van der Waals surface area (Å²) in [6, 6.07) is 16.0. The summed E-state index contributed by atoms with van der Waals surface area (Å²) < 4.78 is 17.4. The molecule has 11 heteroatoms. The van der Waals surface area contributed by atoms with E-state index in [2.05, 4.69) is 10.4 Å². The van der Waals surface area contributed by atoms with Gasteiger partial charge in [0.2, 0.25) is 0 Å². The van der Waals surface area contributed by atoms with Crippen molar-refractivity contribution in [2.24, 2.45) is 0 Å². The van der Waals surface area contributed by atoms with Gasteiger partial charge in [-0.25, -0.2) is 4.79 Å². The van der Waals surface area contributed by atoms with E-state index in [4.69, 9.17) is 13.9 Å². The first kappa shape index (κ1) is 23.2. The van der Waals surface area contributed by atoms with Crippen LogP contribution in [0.15, 0.2) is 77.5 Å². The molecule has 2 heterocycles. The summed E-state index contributed by atoms with van der Waals surface area (Å²) >= 11 is 0. The number of nitro benzene ring substituents is 1. The summed E-state index contributed by atoms with van der Waals surface area (Å²) in [5.74, 6) is -0.489. The maximum atomic E-state index is 12.6. The summed E-state index contributed by atoms with van der Waals surface area (Å²) in [6.07, 6.45) is 3.09. The van der Waals surface area contributed by atoms with Crippen LogP contribution in [0, 0.1) is 10.1 Å². The number of aromatic nitrogens is 2. The molecule has 1 N–H and O–H groups in total. The standard InChI is InChI=1S/C24H20N4O7/c1-33-24(30)19-7-3-2-6-16(19)13-27-14-17(12-25-27)26-23(29)22-11-10-18(35-22)15-34-21-9-5-4-8-20(21)28(31)32/h2-12,14H,13,15H2,1H3,(H,26,29). The molecular formula is C24H20N4O7. The lowest BCUT2D eigenvalue weighted by Crippen LogP contribution is -2.11. The Kier molecular flexibility index (Phi) is 6.86. The van der Waals surface area contributed by atoms with Gasteiger partial charge in [-0.2, -0.15) is 5.10 Å². The highest BCUT2D eigenvalue weighted by Crippen LogP contribution is 2.27. The maximum Gasteiger partial charge on any atom is 0.338 e. The number of esters is 1. The number of nitro groups is 1. The zero-order valence-corrected chi connectivity index (χ0v) is 18.5. The molecule has 2 aromatic carbocycles. The largest absolute Gasteiger partial charge is 0.479 e. The number of nitrogens with zero attached hydrogens (tertiary/aromatic N) is 3. The average molecular weight is 476 g/mol. The fourth-order valence-electron chi connectivity index (χ4n) is 3.31. The minimum absolute atomic E-state index is 0.0370. The first-order valence-corrected chi connectivity index (χ1v) is 10.4. The summed E-state index contributed by atoms with van der Waals surface area (Å²) in [7, 11) is 1.32. The Bertz CT molecular complexity index is 1380. The molecule has 4 rings (SSSR count). The van der Waals surface area contributed by atoms with Crippen LogP contribution in [0.1, 0.15) is 32.2 Å². The fraction of sp³-hybridized carbons (Fsp3) is 0.125. The average Bonchev–Trinajstić information content (AvgIpc) is 3.52. The summed E-state index contributed by atoms with van der Waals surface area (Å²) in [6.45, 7) is 0.213. The molecule has 1 amide bonds. The van der Waals surface area contributed by atoms with Crippen LogP contribution in [0.5, 0.6) is 5.75 Å². The van der Waals surface area contributed by atoms with Gasteiger partial charge < -0.3 is 19.2 Å². The lowest BCUT2D eigenvalue weighted by atomic mass is 10.1. The van der Waals surface area contributed by atoms with Crippen molar-refractivity contribution in [3.05, 3.63) is 106 Å². The van der Waals surface area contributed by atoms with Gasteiger partial charge in [-0.15, -0.1) is 0 Å². The predicted molar refractivity (Wildman–Crippen MR) is 123 cm³/mol. The lowest BCUT2D eigenvalue weighted by Gasteiger charge is -2.07. The first-order valence-electron chi connectivity index (χ1n) is 10.4. The molecule has 0 saturated carbocycles. The molecule has 0 unspecified atom stereocenters. The van der Waals surface area contributed by atoms with E-state index in [1.165, 1.54) is 31.5 Å². The van der Waals surface area contributed by atoms with E-state index in [9.17, 15) is 19.7 Å². The van der Waals surface area contributed by atoms with Crippen molar-refractivity contribution in [3.8, 4) is 5.75 Å². The highest BCUT2D eigenvalue weighted by atomic mass is 16.6. The van der Waals surface area contributed by atoms with E-state index in [1.54, 1.807) is 47.3 Å². The van der Waals surface area contributed by atoms with Crippen LogP contribution in [0.25, 0.3) is 0 Å². The van der Waals surface area contributed by atoms with E-state index in [0.717, 1.165) is 5.56 Å². The molecule has 0 fully saturated rings. The zero-order valence-electron chi connectivity index (χ0n) is 18.5. The van der Waals surface area contributed by atoms with E-state index in [1.807, 2.05) is 6.07 Å². The molecule has 0 aliphatic heterocycles. The molecule has 11 nitrogen and oxygen atoms in total. The normalized spacial score (nSPS) is 10.5. The van der Waals surface area contributed by atoms with Crippen LogP contribution < -0.4 is 10.1 Å². The predicted octanol–water partition coefficient (Wildman–Crippen LogP) is 4.05. The molecule has 4 aromatic rings. The summed E-state index contributed by atoms with van der Waals surface area (Å²) in [5.41, 5.74) is 1.42. The number of anilines is 1. The highest BCUT2D eigenvalue weighted by Gasteiger charge is 2.17. The molecule has 0 bridgehead atoms. The topological polar surface area (TPSA) is 139 Å². The molecule has 0 saturated heterocycles. The Morgan fingerprint density at radius 3 is 2.69 bits per heavy atom. The van der Waals surface area contributed by atoms with Crippen molar-refractivity contribution in [1.29, 1.82) is 0 Å². The molecule has 0 atom stereocenters. The molecule has 0 spiro atoms. The van der Waals surface area contributed by atoms with Gasteiger partial charge in [0.05, 0.1) is 36.0 Å². The first-order chi connectivity index (χ1) is 16.9. The Morgan fingerprint density at radius 1 is 1.11 bits per heavy atom. The third-order valence-electron chi connectivity index (χ3n) is 4.96. The van der Waals surface area contributed by atoms with Gasteiger partial charge in [-0.3, -0.25) is 19.6 Å². The van der Waals surface area contributed by atoms with Gasteiger partial charge >= 0.3 is 11.7 Å². The second-order valence-corrected chi connectivity index (χ2v) is 7.31. The van der Waals surface area contributed by atoms with Crippen molar-refractivity contribution < 1.29 is 28.4 Å². The zero-order chi connectivity index (χ0) is 24.8. The molecule has 35 heavy (non-hydrogen) atoms. The van der Waals surface area contributed by atoms with Gasteiger partial charge in [0.15, 0.2) is 11.5 Å². The van der Waals surface area contributed by atoms with E-state index in [-0.39, 0.29) is 23.8 Å². The summed E-state index contributed by atoms with van der Waals surface area (Å²) in [5, 5.41) is 18.0. The molecular weight excluding hydrogens is 456 g/mol. The highest BCUT2D eigenvalue weighted by molar-refractivity contribution is 6.02. The van der Waals surface area contributed by atoms with Crippen LogP contribution in [0.4, 0.5) is 11.4 Å². The van der Waals surface area contributed by atoms with Crippen molar-refractivity contribution in [3.63, 3.8) is 0 Å². The minimum atomic E-state index is -0.537. The molecule has 2 aromatic heterocycles. The Morgan fingerprint density at radius 2 is 1.89 bits per heavy atom. The lowest BCUT2D eigenvalue weighted by molar-refractivity contribution is -0.386. The Hall–Kier alpha value is -4.93. The van der Waals surface area contributed by atoms with Crippen LogP contribution in [0.2, 0.25) is 0 Å². The van der Waals surface area contributed by atoms with Crippen molar-refractivity contribution in [2.75, 3.05) is 12.4 Å². The van der Waals surface area contributed by atoms with Gasteiger partial charge in [-0.1, -0.05) is 30.3 Å². The second kappa shape index (κ2) is 10.3. The number of nitrogens with one attached hydrogen (secondary N) is 1. The number of amides is 1. The monoisotopic (exact) mass is 476 g/mol. The molecule has 0 aliphatic rings. The van der Waals surface area contributed by atoms with Crippen LogP contribution in [-0.2, 0) is 17.9 Å². The van der Waals surface area contributed by atoms with Gasteiger partial charge in [-0.05, 0) is 29.8 Å². The van der Waals surface area contributed by atoms with Crippen LogP contribution in [0.3, 0.4) is 0 Å². The van der Waals surface area contributed by atoms with Gasteiger partial charge in [0.25, 0.3) is 5.91 Å². The van der Waals surface area contributed by atoms with Crippen molar-refractivity contribution in [1.82, 2.24) is 9.78 Å². The number of ether oxygens (including phenoxy) is 2. The number of carbonyl (C=O) groups is 2. The number of para-hydroxylation sites is 2. The fourth-order valence-corrected chi connectivity index (χ4v) is 3.31. The second-order valence-electron chi connectivity index (χ2n) is 7.31. The number of hydrogen-bond acceptors (Lipinski definition) is 8. The van der Waals surface area contributed by atoms with E-state index < -0.39 is 16.8 Å². The van der Waals surface area contributed by atoms with Gasteiger partial charge in [0.1, 0.15) is 12.4 Å². The third-order valence-corrected chi connectivity index (χ3v) is 4.96. The van der Waals surface area contributed by atoms with Crippen LogP contribution in [-0.4, -0.2) is 33.7 Å². The Labute approximate surface area is 199 Å². The van der Waals surface area contributed by atoms with Crippen molar-refractivity contribution in [2.45, 2.75) is 13.2 Å². The summed E-state index contributed by atoms with van der Waals surface area (Å²) in [4.78, 5) is 35.1. The smallest absolute Gasteiger partial charge is 0.338 e. The number of rotatable bonds is 9. The van der Waals surface area contributed by atoms with E-state index in [0.29, 0.717) is 23.6 Å². The van der Waals surface area contributed by atoms with Crippen LogP contribution >= 0.6 is 0 Å². The number of carbonyl (C=O) groups excluding carboxylic acids is 2. The van der Waals surface area contributed by atoms with Gasteiger partial charge in [0, 0.05) is 12.3 Å². The van der Waals surface area contributed by atoms with Crippen molar-refractivity contribution >= 4 is 23.3 Å². The number of methoxy groups -OCH3 is 1. The molecule has 0 aliphatic carbocycles. The number of hydrogen-bond donors (Lipinski definition) is 1. The Balaban J connectivity index is 1.37. The SMILES string of the molecule is COC(=O)c1ccccc1Cn1cc(NC(=O)c2ccc(COc3ccccc3[N+](=O)[O-])o2)cn1. The number of furan rings is 1. The number of benzene rings is 2. The maximum absolute atomic E-state index is 12.6. The van der Waals surface area contributed by atoms with E-state index >= 15 is 0 Å².